The summed E-state index contributed by atoms with van der Waals surface area (Å²) in [6.07, 6.45) is 2.64. The van der Waals surface area contributed by atoms with Crippen molar-refractivity contribution in [1.29, 1.82) is 0 Å². The Labute approximate surface area is 120 Å². The molecular formula is C11H16N8O2. The molecule has 0 aromatic carbocycles. The van der Waals surface area contributed by atoms with Crippen LogP contribution in [0.1, 0.15) is 40.9 Å². The van der Waals surface area contributed by atoms with Crippen LogP contribution in [0.25, 0.3) is 0 Å². The maximum absolute atomic E-state index is 11.7. The first kappa shape index (κ1) is 13.6. The fourth-order valence-corrected chi connectivity index (χ4v) is 2.15. The molecule has 2 N–H and O–H groups in total. The van der Waals surface area contributed by atoms with Gasteiger partial charge in [0.25, 0.3) is 0 Å². The van der Waals surface area contributed by atoms with Crippen molar-refractivity contribution in [3.8, 4) is 0 Å². The van der Waals surface area contributed by atoms with Crippen LogP contribution in [0.2, 0.25) is 0 Å². The molecule has 2 heterocycles. The number of nitrogens with two attached hydrogens (primary N) is 1. The van der Waals surface area contributed by atoms with Gasteiger partial charge in [0.1, 0.15) is 6.54 Å². The average molecular weight is 292 g/mol. The molecule has 10 nitrogen and oxygen atoms in total. The number of hydrogen-bond donors (Lipinski definition) is 1. The normalized spacial score (nSPS) is 14.4. The van der Waals surface area contributed by atoms with Crippen LogP contribution in [0.4, 0.5) is 0 Å². The highest BCUT2D eigenvalue weighted by Gasteiger charge is 2.28. The number of nitrogens with zero attached hydrogens (tertiary/aromatic N) is 7. The Balaban J connectivity index is 1.89. The lowest BCUT2D eigenvalue weighted by molar-refractivity contribution is 0.0592. The number of ether oxygens (including phenoxy) is 1. The molecule has 0 bridgehead atoms. The third-order valence-corrected chi connectivity index (χ3v) is 3.34. The van der Waals surface area contributed by atoms with Gasteiger partial charge in [-0.1, -0.05) is 5.21 Å². The van der Waals surface area contributed by atoms with Gasteiger partial charge in [0.05, 0.1) is 18.8 Å². The van der Waals surface area contributed by atoms with Gasteiger partial charge in [-0.2, -0.15) is 0 Å². The molecule has 3 rings (SSSR count). The first-order valence-electron chi connectivity index (χ1n) is 6.72. The van der Waals surface area contributed by atoms with Crippen LogP contribution in [-0.2, 0) is 17.7 Å². The summed E-state index contributed by atoms with van der Waals surface area (Å²) in [6, 6.07) is 0.372. The molecule has 2 aromatic rings. The third kappa shape index (κ3) is 2.61. The van der Waals surface area contributed by atoms with E-state index in [1.807, 2.05) is 0 Å². The summed E-state index contributed by atoms with van der Waals surface area (Å²) in [6.45, 7) is 0.730. The highest BCUT2D eigenvalue weighted by molar-refractivity contribution is 5.88. The second kappa shape index (κ2) is 5.56. The molecule has 0 unspecified atom stereocenters. The van der Waals surface area contributed by atoms with Gasteiger partial charge in [-0.05, 0) is 29.8 Å². The fraction of sp³-hybridized carbons (Fsp3) is 0.636. The molecule has 21 heavy (non-hydrogen) atoms. The standard InChI is InChI=1S/C11H16N8O2/c1-21-11(20)10-8(4-5-12)18(16-14-10)6-9-13-15-17-19(9)7-2-3-7/h7H,2-6,12H2,1H3. The molecule has 1 fully saturated rings. The molecule has 0 saturated heterocycles. The van der Waals surface area contributed by atoms with Crippen LogP contribution in [0.5, 0.6) is 0 Å². The highest BCUT2D eigenvalue weighted by atomic mass is 16.5. The predicted molar refractivity (Wildman–Crippen MR) is 69.3 cm³/mol. The van der Waals surface area contributed by atoms with Crippen molar-refractivity contribution in [2.45, 2.75) is 31.8 Å². The number of rotatable bonds is 6. The van der Waals surface area contributed by atoms with Crippen LogP contribution < -0.4 is 5.73 Å². The van der Waals surface area contributed by atoms with Crippen molar-refractivity contribution in [2.75, 3.05) is 13.7 Å². The third-order valence-electron chi connectivity index (χ3n) is 3.34. The summed E-state index contributed by atoms with van der Waals surface area (Å²) in [7, 11) is 1.31. The van der Waals surface area contributed by atoms with Gasteiger partial charge in [0.2, 0.25) is 0 Å². The fourth-order valence-electron chi connectivity index (χ4n) is 2.15. The zero-order chi connectivity index (χ0) is 14.8. The Bertz CT molecular complexity index is 644. The van der Waals surface area contributed by atoms with Crippen LogP contribution in [0, 0.1) is 0 Å². The van der Waals surface area contributed by atoms with E-state index in [4.69, 9.17) is 10.5 Å². The lowest BCUT2D eigenvalue weighted by atomic mass is 10.2. The van der Waals surface area contributed by atoms with Crippen LogP contribution in [0.3, 0.4) is 0 Å². The lowest BCUT2D eigenvalue weighted by Gasteiger charge is -2.06. The molecule has 10 heteroatoms. The van der Waals surface area contributed by atoms with Crippen molar-refractivity contribution in [1.82, 2.24) is 35.2 Å². The van der Waals surface area contributed by atoms with Crippen LogP contribution in [0.15, 0.2) is 0 Å². The second-order valence-electron chi connectivity index (χ2n) is 4.84. The number of esters is 1. The van der Waals surface area contributed by atoms with Gasteiger partial charge in [0, 0.05) is 6.42 Å². The van der Waals surface area contributed by atoms with E-state index in [1.165, 1.54) is 7.11 Å². The molecule has 0 spiro atoms. The number of tetrazole rings is 1. The van der Waals surface area contributed by atoms with E-state index >= 15 is 0 Å². The van der Waals surface area contributed by atoms with E-state index in [0.717, 1.165) is 12.8 Å². The van der Waals surface area contributed by atoms with E-state index in [0.29, 0.717) is 37.1 Å². The van der Waals surface area contributed by atoms with Crippen molar-refractivity contribution in [3.05, 3.63) is 17.2 Å². The molecule has 2 aromatic heterocycles. The summed E-state index contributed by atoms with van der Waals surface area (Å²) < 4.78 is 8.10. The Morgan fingerprint density at radius 3 is 2.86 bits per heavy atom. The summed E-state index contributed by atoms with van der Waals surface area (Å²) in [5.41, 5.74) is 6.42. The maximum atomic E-state index is 11.7. The van der Waals surface area contributed by atoms with Gasteiger partial charge in [0.15, 0.2) is 11.5 Å². The van der Waals surface area contributed by atoms with Crippen molar-refractivity contribution >= 4 is 5.97 Å². The quantitative estimate of drug-likeness (QED) is 0.667. The molecule has 0 aliphatic heterocycles. The van der Waals surface area contributed by atoms with Gasteiger partial charge in [-0.25, -0.2) is 14.2 Å². The average Bonchev–Trinajstić information content (AvgIpc) is 3.11. The predicted octanol–water partition coefficient (Wildman–Crippen LogP) is -1.06. The minimum absolute atomic E-state index is 0.188. The molecule has 0 atom stereocenters. The van der Waals surface area contributed by atoms with Gasteiger partial charge >= 0.3 is 5.97 Å². The Morgan fingerprint density at radius 1 is 1.38 bits per heavy atom. The van der Waals surface area contributed by atoms with Crippen LogP contribution >= 0.6 is 0 Å². The van der Waals surface area contributed by atoms with E-state index in [9.17, 15) is 4.79 Å². The topological polar surface area (TPSA) is 127 Å². The highest BCUT2D eigenvalue weighted by Crippen LogP contribution is 2.34. The van der Waals surface area contributed by atoms with Gasteiger partial charge in [-0.15, -0.1) is 10.2 Å². The van der Waals surface area contributed by atoms with Crippen molar-refractivity contribution in [2.24, 2.45) is 5.73 Å². The maximum Gasteiger partial charge on any atom is 0.360 e. The number of carbonyl (C=O) groups is 1. The molecule has 112 valence electrons. The molecule has 1 saturated carbocycles. The van der Waals surface area contributed by atoms with Gasteiger partial charge < -0.3 is 10.5 Å². The van der Waals surface area contributed by atoms with Gasteiger partial charge in [-0.3, -0.25) is 0 Å². The minimum Gasteiger partial charge on any atom is -0.464 e. The first-order valence-corrected chi connectivity index (χ1v) is 6.72. The largest absolute Gasteiger partial charge is 0.464 e. The van der Waals surface area contributed by atoms with E-state index in [-0.39, 0.29) is 5.69 Å². The van der Waals surface area contributed by atoms with E-state index in [1.54, 1.807) is 9.36 Å². The summed E-state index contributed by atoms with van der Waals surface area (Å²) >= 11 is 0. The molecular weight excluding hydrogens is 276 g/mol. The zero-order valence-electron chi connectivity index (χ0n) is 11.6. The van der Waals surface area contributed by atoms with E-state index in [2.05, 4.69) is 25.8 Å². The number of carbonyl (C=O) groups excluding carboxylic acids is 1. The first-order chi connectivity index (χ1) is 10.2. The number of methoxy groups -OCH3 is 1. The summed E-state index contributed by atoms with van der Waals surface area (Å²) in [4.78, 5) is 11.7. The molecule has 1 aliphatic carbocycles. The second-order valence-corrected chi connectivity index (χ2v) is 4.84. The Hall–Kier alpha value is -2.36. The summed E-state index contributed by atoms with van der Waals surface area (Å²) in [5, 5.41) is 19.6. The monoisotopic (exact) mass is 292 g/mol. The van der Waals surface area contributed by atoms with Crippen molar-refractivity contribution in [3.63, 3.8) is 0 Å². The SMILES string of the molecule is COC(=O)c1nnn(Cc2nnnn2C2CC2)c1CCN. The Morgan fingerprint density at radius 2 is 2.19 bits per heavy atom. The zero-order valence-corrected chi connectivity index (χ0v) is 11.6. The van der Waals surface area contributed by atoms with E-state index < -0.39 is 5.97 Å². The lowest BCUT2D eigenvalue weighted by Crippen LogP contribution is -2.16. The van der Waals surface area contributed by atoms with Crippen LogP contribution in [-0.4, -0.2) is 54.8 Å². The smallest absolute Gasteiger partial charge is 0.360 e. The molecule has 0 radical (unpaired) electrons. The number of hydrogen-bond acceptors (Lipinski definition) is 8. The molecule has 1 aliphatic rings. The summed E-state index contributed by atoms with van der Waals surface area (Å²) in [5.74, 6) is 0.170. The minimum atomic E-state index is -0.522. The number of aromatic nitrogens is 7. The molecule has 0 amide bonds. The van der Waals surface area contributed by atoms with Crippen molar-refractivity contribution < 1.29 is 9.53 Å². The Kier molecular flexibility index (Phi) is 3.60.